The van der Waals surface area contributed by atoms with Gasteiger partial charge in [-0.2, -0.15) is 0 Å². The van der Waals surface area contributed by atoms with Crippen molar-refractivity contribution in [1.29, 1.82) is 0 Å². The maximum Gasteiger partial charge on any atom is 0.349 e. The van der Waals surface area contributed by atoms with Crippen LogP contribution >= 0.6 is 11.3 Å². The Labute approximate surface area is 144 Å². The van der Waals surface area contributed by atoms with Gasteiger partial charge in [-0.05, 0) is 22.6 Å². The number of ether oxygens (including phenoxy) is 2. The highest BCUT2D eigenvalue weighted by Gasteiger charge is 2.26. The van der Waals surface area contributed by atoms with Gasteiger partial charge in [0.1, 0.15) is 9.77 Å². The maximum absolute atomic E-state index is 12.5. The number of fused-ring (bicyclic) bond motifs is 1. The van der Waals surface area contributed by atoms with Crippen molar-refractivity contribution in [2.24, 2.45) is 0 Å². The second-order valence-corrected chi connectivity index (χ2v) is 8.01. The van der Waals surface area contributed by atoms with E-state index in [1.807, 2.05) is 24.3 Å². The topological polar surface area (TPSA) is 81.7 Å². The van der Waals surface area contributed by atoms with Crippen LogP contribution in [0.4, 0.5) is 0 Å². The third-order valence-electron chi connectivity index (χ3n) is 3.83. The van der Waals surface area contributed by atoms with Crippen molar-refractivity contribution in [2.45, 2.75) is 24.0 Å². The van der Waals surface area contributed by atoms with E-state index in [-0.39, 0.29) is 22.4 Å². The van der Waals surface area contributed by atoms with Gasteiger partial charge in [0.25, 0.3) is 0 Å². The molecule has 3 rings (SSSR count). The molecule has 0 spiro atoms. The molecule has 2 heterocycles. The van der Waals surface area contributed by atoms with Crippen LogP contribution in [0, 0.1) is 0 Å². The van der Waals surface area contributed by atoms with E-state index in [0.717, 1.165) is 16.9 Å². The second kappa shape index (κ2) is 7.02. The SMILES string of the molecule is COC(=O)c1sccc1S(=O)(=O)NCC1Cc2ccccc2CO1. The van der Waals surface area contributed by atoms with Gasteiger partial charge in [-0.15, -0.1) is 11.3 Å². The monoisotopic (exact) mass is 367 g/mol. The molecule has 0 saturated heterocycles. The Morgan fingerprint density at radius 1 is 1.33 bits per heavy atom. The minimum atomic E-state index is -3.80. The summed E-state index contributed by atoms with van der Waals surface area (Å²) in [4.78, 5) is 11.7. The zero-order valence-corrected chi connectivity index (χ0v) is 14.7. The lowest BCUT2D eigenvalue weighted by Crippen LogP contribution is -2.37. The summed E-state index contributed by atoms with van der Waals surface area (Å²) in [7, 11) is -2.58. The molecule has 1 aromatic heterocycles. The molecule has 1 N–H and O–H groups in total. The van der Waals surface area contributed by atoms with Gasteiger partial charge in [0.2, 0.25) is 10.0 Å². The molecule has 0 saturated carbocycles. The molecular formula is C16H17NO5S2. The Hall–Kier alpha value is -1.74. The third kappa shape index (κ3) is 3.51. The van der Waals surface area contributed by atoms with Crippen LogP contribution in [-0.4, -0.2) is 34.1 Å². The number of sulfonamides is 1. The van der Waals surface area contributed by atoms with Gasteiger partial charge in [-0.3, -0.25) is 0 Å². The summed E-state index contributed by atoms with van der Waals surface area (Å²) in [6.07, 6.45) is 0.404. The van der Waals surface area contributed by atoms with E-state index in [2.05, 4.69) is 9.46 Å². The molecule has 24 heavy (non-hydrogen) atoms. The maximum atomic E-state index is 12.5. The zero-order chi connectivity index (χ0) is 17.2. The number of carbonyl (C=O) groups is 1. The van der Waals surface area contributed by atoms with Crippen LogP contribution in [0.25, 0.3) is 0 Å². The van der Waals surface area contributed by atoms with Crippen molar-refractivity contribution in [2.75, 3.05) is 13.7 Å². The highest BCUT2D eigenvalue weighted by Crippen LogP contribution is 2.24. The zero-order valence-electron chi connectivity index (χ0n) is 13.0. The Kier molecular flexibility index (Phi) is 5.00. The standard InChI is InChI=1S/C16H17NO5S2/c1-21-16(18)15-14(6-7-23-15)24(19,20)17-9-13-8-11-4-2-3-5-12(11)10-22-13/h2-7,13,17H,8-10H2,1H3. The summed E-state index contributed by atoms with van der Waals surface area (Å²) >= 11 is 1.04. The minimum absolute atomic E-state index is 0.0597. The van der Waals surface area contributed by atoms with E-state index in [1.165, 1.54) is 18.7 Å². The fourth-order valence-electron chi connectivity index (χ4n) is 2.57. The van der Waals surface area contributed by atoms with Crippen LogP contribution in [0.2, 0.25) is 0 Å². The molecule has 128 valence electrons. The molecule has 1 unspecified atom stereocenters. The smallest absolute Gasteiger partial charge is 0.349 e. The van der Waals surface area contributed by atoms with Gasteiger partial charge in [0.15, 0.2) is 0 Å². The number of thiophene rings is 1. The number of nitrogens with one attached hydrogen (secondary N) is 1. The molecule has 8 heteroatoms. The second-order valence-electron chi connectivity index (χ2n) is 5.36. The average molecular weight is 367 g/mol. The number of hydrogen-bond donors (Lipinski definition) is 1. The quantitative estimate of drug-likeness (QED) is 0.817. The van der Waals surface area contributed by atoms with E-state index in [9.17, 15) is 13.2 Å². The summed E-state index contributed by atoms with van der Waals surface area (Å²) in [5.74, 6) is -0.659. The molecule has 2 aromatic rings. The summed E-state index contributed by atoms with van der Waals surface area (Å²) in [6, 6.07) is 9.34. The summed E-state index contributed by atoms with van der Waals surface area (Å²) in [5.41, 5.74) is 2.29. The van der Waals surface area contributed by atoms with Gasteiger partial charge >= 0.3 is 5.97 Å². The van der Waals surface area contributed by atoms with E-state index in [0.29, 0.717) is 13.0 Å². The summed E-state index contributed by atoms with van der Waals surface area (Å²) < 4.78 is 37.8. The first kappa shape index (κ1) is 17.1. The fraction of sp³-hybridized carbons (Fsp3) is 0.312. The van der Waals surface area contributed by atoms with Gasteiger partial charge < -0.3 is 9.47 Å². The first-order chi connectivity index (χ1) is 11.5. The van der Waals surface area contributed by atoms with Crippen molar-refractivity contribution in [3.63, 3.8) is 0 Å². The summed E-state index contributed by atoms with van der Waals surface area (Å²) in [6.45, 7) is 0.613. The normalized spacial score (nSPS) is 17.3. The van der Waals surface area contributed by atoms with Gasteiger partial charge in [-0.25, -0.2) is 17.9 Å². The lowest BCUT2D eigenvalue weighted by Gasteiger charge is -2.25. The third-order valence-corrected chi connectivity index (χ3v) is 6.32. The number of hydrogen-bond acceptors (Lipinski definition) is 6. The molecule has 1 atom stereocenters. The Morgan fingerprint density at radius 2 is 2.08 bits per heavy atom. The average Bonchev–Trinajstić information content (AvgIpc) is 3.10. The molecule has 1 aromatic carbocycles. The van der Waals surface area contributed by atoms with Gasteiger partial charge in [-0.1, -0.05) is 24.3 Å². The first-order valence-corrected chi connectivity index (χ1v) is 9.71. The molecule has 0 radical (unpaired) electrons. The minimum Gasteiger partial charge on any atom is -0.465 e. The van der Waals surface area contributed by atoms with Crippen molar-refractivity contribution in [1.82, 2.24) is 4.72 Å². The molecule has 0 amide bonds. The van der Waals surface area contributed by atoms with Crippen molar-refractivity contribution in [3.05, 3.63) is 51.7 Å². The molecule has 6 nitrogen and oxygen atoms in total. The number of rotatable bonds is 5. The van der Waals surface area contributed by atoms with Crippen LogP contribution in [0.3, 0.4) is 0 Å². The number of esters is 1. The predicted molar refractivity (Wildman–Crippen MR) is 89.6 cm³/mol. The molecule has 0 bridgehead atoms. The van der Waals surface area contributed by atoms with Gasteiger partial charge in [0.05, 0.1) is 19.8 Å². The molecule has 1 aliphatic heterocycles. The lowest BCUT2D eigenvalue weighted by atomic mass is 9.99. The van der Waals surface area contributed by atoms with E-state index in [4.69, 9.17) is 4.74 Å². The van der Waals surface area contributed by atoms with Crippen LogP contribution in [0.1, 0.15) is 20.8 Å². The Bertz CT molecular complexity index is 844. The number of benzene rings is 1. The molecule has 1 aliphatic rings. The van der Waals surface area contributed by atoms with Crippen LogP contribution in [-0.2, 0) is 32.5 Å². The summed E-state index contributed by atoms with van der Waals surface area (Å²) in [5, 5.41) is 1.55. The van der Waals surface area contributed by atoms with Crippen molar-refractivity contribution >= 4 is 27.3 Å². The van der Waals surface area contributed by atoms with Crippen LogP contribution < -0.4 is 4.72 Å². The predicted octanol–water partition coefficient (Wildman–Crippen LogP) is 1.95. The Morgan fingerprint density at radius 3 is 2.83 bits per heavy atom. The highest BCUT2D eigenvalue weighted by atomic mass is 32.2. The molecular weight excluding hydrogens is 350 g/mol. The highest BCUT2D eigenvalue weighted by molar-refractivity contribution is 7.89. The van der Waals surface area contributed by atoms with Crippen LogP contribution in [0.5, 0.6) is 0 Å². The van der Waals surface area contributed by atoms with E-state index < -0.39 is 16.0 Å². The number of methoxy groups -OCH3 is 1. The largest absolute Gasteiger partial charge is 0.465 e. The van der Waals surface area contributed by atoms with E-state index >= 15 is 0 Å². The van der Waals surface area contributed by atoms with Crippen molar-refractivity contribution in [3.8, 4) is 0 Å². The Balaban J connectivity index is 1.69. The van der Waals surface area contributed by atoms with Crippen LogP contribution in [0.15, 0.2) is 40.6 Å². The van der Waals surface area contributed by atoms with Crippen molar-refractivity contribution < 1.29 is 22.7 Å². The number of carbonyl (C=O) groups excluding carboxylic acids is 1. The first-order valence-electron chi connectivity index (χ1n) is 7.35. The van der Waals surface area contributed by atoms with E-state index in [1.54, 1.807) is 5.38 Å². The molecule has 0 fully saturated rings. The molecule has 0 aliphatic carbocycles. The lowest BCUT2D eigenvalue weighted by molar-refractivity contribution is 0.0322. The van der Waals surface area contributed by atoms with Gasteiger partial charge in [0, 0.05) is 13.0 Å². The fourth-order valence-corrected chi connectivity index (χ4v) is 4.97.